The topological polar surface area (TPSA) is 108 Å². The summed E-state index contributed by atoms with van der Waals surface area (Å²) in [6.45, 7) is 6.25. The molecule has 130 valence electrons. The van der Waals surface area contributed by atoms with Crippen LogP contribution in [-0.2, 0) is 5.41 Å². The number of rotatable bonds is 4. The number of carbonyl (C=O) groups excluding carboxylic acids is 1. The van der Waals surface area contributed by atoms with Crippen LogP contribution in [0.5, 0.6) is 5.75 Å². The number of benzene rings is 2. The fraction of sp³-hybridized carbons (Fsp3) is 0.222. The quantitative estimate of drug-likeness (QED) is 0.524. The van der Waals surface area contributed by atoms with Gasteiger partial charge < -0.3 is 5.11 Å². The number of hydrazone groups is 1. The summed E-state index contributed by atoms with van der Waals surface area (Å²) in [5.74, 6) is -1.07. The average Bonchev–Trinajstić information content (AvgIpc) is 2.55. The molecule has 1 amide bonds. The van der Waals surface area contributed by atoms with Gasteiger partial charge in [-0.25, -0.2) is 5.43 Å². The summed E-state index contributed by atoms with van der Waals surface area (Å²) in [4.78, 5) is 22.0. The summed E-state index contributed by atoms with van der Waals surface area (Å²) in [5.41, 5.74) is 3.71. The smallest absolute Gasteiger partial charge is 0.271 e. The molecule has 1 N–H and O–H groups in total. The van der Waals surface area contributed by atoms with Gasteiger partial charge in [0.15, 0.2) is 0 Å². The van der Waals surface area contributed by atoms with Crippen LogP contribution < -0.4 is 10.5 Å². The molecule has 0 spiro atoms. The Bertz CT molecular complexity index is 821. The van der Waals surface area contributed by atoms with E-state index in [2.05, 4.69) is 31.3 Å². The standard InChI is InChI=1S/C18H19N3O4/c1-18(2,3)14-7-5-13(6-8-14)17(23)20-19-11-12-4-9-16(22)15(10-12)21(24)25/h4-11,22H,1-3H3,(H,20,23)/p-1. The molecule has 2 aromatic rings. The van der Waals surface area contributed by atoms with E-state index in [4.69, 9.17) is 0 Å². The molecule has 0 radical (unpaired) electrons. The zero-order valence-corrected chi connectivity index (χ0v) is 14.1. The van der Waals surface area contributed by atoms with E-state index in [0.717, 1.165) is 17.7 Å². The zero-order chi connectivity index (χ0) is 18.6. The van der Waals surface area contributed by atoms with Crippen LogP contribution in [0.1, 0.15) is 42.3 Å². The summed E-state index contributed by atoms with van der Waals surface area (Å²) in [5, 5.41) is 25.8. The Morgan fingerprint density at radius 3 is 2.36 bits per heavy atom. The van der Waals surface area contributed by atoms with Crippen LogP contribution in [0, 0.1) is 10.1 Å². The second-order valence-corrected chi connectivity index (χ2v) is 6.51. The molecular weight excluding hydrogens is 322 g/mol. The first-order chi connectivity index (χ1) is 11.7. The third-order valence-corrected chi connectivity index (χ3v) is 3.57. The lowest BCUT2D eigenvalue weighted by molar-refractivity contribution is -0.398. The summed E-state index contributed by atoms with van der Waals surface area (Å²) >= 11 is 0. The lowest BCUT2D eigenvalue weighted by Gasteiger charge is -2.18. The number of amides is 1. The summed E-state index contributed by atoms with van der Waals surface area (Å²) < 4.78 is 0. The van der Waals surface area contributed by atoms with Crippen molar-refractivity contribution in [2.75, 3.05) is 0 Å². The van der Waals surface area contributed by atoms with E-state index in [1.54, 1.807) is 12.1 Å². The van der Waals surface area contributed by atoms with Crippen LogP contribution in [0.2, 0.25) is 0 Å². The van der Waals surface area contributed by atoms with Crippen molar-refractivity contribution in [2.24, 2.45) is 5.10 Å². The van der Waals surface area contributed by atoms with Gasteiger partial charge >= 0.3 is 0 Å². The highest BCUT2D eigenvalue weighted by Gasteiger charge is 2.14. The maximum absolute atomic E-state index is 12.0. The highest BCUT2D eigenvalue weighted by Crippen LogP contribution is 2.23. The third kappa shape index (κ3) is 4.63. The number of carbonyl (C=O) groups is 1. The van der Waals surface area contributed by atoms with Crippen molar-refractivity contribution in [1.82, 2.24) is 5.43 Å². The molecule has 0 unspecified atom stereocenters. The molecule has 25 heavy (non-hydrogen) atoms. The molecule has 0 aliphatic rings. The molecule has 7 nitrogen and oxygen atoms in total. The number of nitro groups is 1. The number of nitrogens with zero attached hydrogens (tertiary/aromatic N) is 2. The van der Waals surface area contributed by atoms with E-state index in [0.29, 0.717) is 11.1 Å². The molecule has 0 heterocycles. The Morgan fingerprint density at radius 1 is 1.16 bits per heavy atom. The van der Waals surface area contributed by atoms with Gasteiger partial charge in [-0.2, -0.15) is 5.10 Å². The molecular formula is C18H18N3O4-. The lowest BCUT2D eigenvalue weighted by Crippen LogP contribution is -2.18. The molecule has 2 aromatic carbocycles. The molecule has 0 aliphatic carbocycles. The van der Waals surface area contributed by atoms with E-state index in [1.807, 2.05) is 12.1 Å². The lowest BCUT2D eigenvalue weighted by atomic mass is 9.87. The van der Waals surface area contributed by atoms with E-state index < -0.39 is 22.3 Å². The first-order valence-corrected chi connectivity index (χ1v) is 7.58. The van der Waals surface area contributed by atoms with Crippen molar-refractivity contribution < 1.29 is 14.8 Å². The van der Waals surface area contributed by atoms with E-state index >= 15 is 0 Å². The summed E-state index contributed by atoms with van der Waals surface area (Å²) in [6.07, 6.45) is 1.24. The maximum Gasteiger partial charge on any atom is 0.271 e. The van der Waals surface area contributed by atoms with Gasteiger partial charge in [0, 0.05) is 17.2 Å². The first kappa shape index (κ1) is 18.1. The molecule has 0 atom stereocenters. The molecule has 2 rings (SSSR count). The predicted octanol–water partition coefficient (Wildman–Crippen LogP) is 2.73. The Labute approximate surface area is 145 Å². The molecule has 7 heteroatoms. The zero-order valence-electron chi connectivity index (χ0n) is 14.1. The van der Waals surface area contributed by atoms with Crippen molar-refractivity contribution in [1.29, 1.82) is 0 Å². The highest BCUT2D eigenvalue weighted by atomic mass is 16.6. The van der Waals surface area contributed by atoms with Crippen molar-refractivity contribution in [3.8, 4) is 5.75 Å². The van der Waals surface area contributed by atoms with Gasteiger partial charge in [0.1, 0.15) is 0 Å². The van der Waals surface area contributed by atoms with Crippen molar-refractivity contribution in [2.45, 2.75) is 26.2 Å². The summed E-state index contributed by atoms with van der Waals surface area (Å²) in [6, 6.07) is 10.8. The van der Waals surface area contributed by atoms with Gasteiger partial charge in [-0.3, -0.25) is 14.9 Å². The van der Waals surface area contributed by atoms with Gasteiger partial charge in [-0.1, -0.05) is 45.0 Å². The van der Waals surface area contributed by atoms with Gasteiger partial charge in [0.2, 0.25) is 0 Å². The molecule has 0 aliphatic heterocycles. The minimum atomic E-state index is -0.755. The summed E-state index contributed by atoms with van der Waals surface area (Å²) in [7, 11) is 0. The number of nitro benzene ring substituents is 1. The highest BCUT2D eigenvalue weighted by molar-refractivity contribution is 5.95. The average molecular weight is 340 g/mol. The minimum Gasteiger partial charge on any atom is -0.868 e. The van der Waals surface area contributed by atoms with Gasteiger partial charge in [0.05, 0.1) is 11.1 Å². The van der Waals surface area contributed by atoms with Crippen molar-refractivity contribution in [3.63, 3.8) is 0 Å². The van der Waals surface area contributed by atoms with Crippen molar-refractivity contribution in [3.05, 3.63) is 69.3 Å². The van der Waals surface area contributed by atoms with Gasteiger partial charge in [-0.15, -0.1) is 0 Å². The molecule has 0 saturated carbocycles. The number of nitrogens with one attached hydrogen (secondary N) is 1. The van der Waals surface area contributed by atoms with Gasteiger partial charge in [-0.05, 0) is 28.9 Å². The molecule has 0 saturated heterocycles. The second kappa shape index (κ2) is 7.12. The minimum absolute atomic E-state index is 0.00436. The molecule has 0 bridgehead atoms. The Hall–Kier alpha value is -3.22. The normalized spacial score (nSPS) is 11.5. The van der Waals surface area contributed by atoms with Gasteiger partial charge in [0.25, 0.3) is 11.6 Å². The van der Waals surface area contributed by atoms with E-state index in [-0.39, 0.29) is 5.41 Å². The van der Waals surface area contributed by atoms with Crippen molar-refractivity contribution >= 4 is 17.8 Å². The third-order valence-electron chi connectivity index (χ3n) is 3.57. The maximum atomic E-state index is 12.0. The van der Waals surface area contributed by atoms with Crippen LogP contribution in [0.4, 0.5) is 5.69 Å². The van der Waals surface area contributed by atoms with Crippen LogP contribution in [0.15, 0.2) is 47.6 Å². The Balaban J connectivity index is 2.06. The number of hydrogen-bond acceptors (Lipinski definition) is 5. The Kier molecular flexibility index (Phi) is 5.17. The van der Waals surface area contributed by atoms with E-state index in [1.165, 1.54) is 12.3 Å². The first-order valence-electron chi connectivity index (χ1n) is 7.58. The molecule has 0 fully saturated rings. The van der Waals surface area contributed by atoms with Crippen LogP contribution >= 0.6 is 0 Å². The van der Waals surface area contributed by atoms with Crippen LogP contribution in [-0.4, -0.2) is 17.0 Å². The largest absolute Gasteiger partial charge is 0.868 e. The monoisotopic (exact) mass is 340 g/mol. The van der Waals surface area contributed by atoms with E-state index in [9.17, 15) is 20.0 Å². The SMILES string of the molecule is CC(C)(C)c1ccc(C(=O)NN=Cc2ccc([O-])c([N+](=O)[O-])c2)cc1. The second-order valence-electron chi connectivity index (χ2n) is 6.51. The predicted molar refractivity (Wildman–Crippen MR) is 92.7 cm³/mol. The Morgan fingerprint density at radius 2 is 1.80 bits per heavy atom. The fourth-order valence-corrected chi connectivity index (χ4v) is 2.11. The van der Waals surface area contributed by atoms with Crippen LogP contribution in [0.25, 0.3) is 0 Å². The number of hydrogen-bond donors (Lipinski definition) is 1. The fourth-order valence-electron chi connectivity index (χ4n) is 2.11. The van der Waals surface area contributed by atoms with Crippen LogP contribution in [0.3, 0.4) is 0 Å². The molecule has 0 aromatic heterocycles.